The second-order valence-corrected chi connectivity index (χ2v) is 6.58. The van der Waals surface area contributed by atoms with Crippen LogP contribution in [0.15, 0.2) is 5.38 Å². The number of amides is 2. The number of hydrogen-bond donors (Lipinski definition) is 2. The monoisotopic (exact) mass is 311 g/mol. The summed E-state index contributed by atoms with van der Waals surface area (Å²) in [6.45, 7) is 6.85. The highest BCUT2D eigenvalue weighted by molar-refractivity contribution is 7.09. The molecule has 0 aromatic carbocycles. The van der Waals surface area contributed by atoms with Gasteiger partial charge in [-0.25, -0.2) is 14.6 Å². The van der Waals surface area contributed by atoms with E-state index in [1.165, 1.54) is 16.7 Å². The van der Waals surface area contributed by atoms with E-state index < -0.39 is 5.97 Å². The average molecular weight is 311 g/mol. The van der Waals surface area contributed by atoms with Crippen molar-refractivity contribution in [2.75, 3.05) is 6.54 Å². The minimum atomic E-state index is -1.05. The van der Waals surface area contributed by atoms with E-state index in [2.05, 4.69) is 24.1 Å². The molecule has 0 bridgehead atoms. The summed E-state index contributed by atoms with van der Waals surface area (Å²) in [5.41, 5.74) is 0.0253. The Morgan fingerprint density at radius 3 is 2.76 bits per heavy atom. The van der Waals surface area contributed by atoms with Crippen LogP contribution in [0.5, 0.6) is 0 Å². The predicted octanol–water partition coefficient (Wildman–Crippen LogP) is 2.73. The fourth-order valence-corrected chi connectivity index (χ4v) is 3.45. The van der Waals surface area contributed by atoms with Gasteiger partial charge in [0.1, 0.15) is 5.01 Å². The molecule has 2 amide bonds. The van der Waals surface area contributed by atoms with Crippen molar-refractivity contribution in [1.82, 2.24) is 15.2 Å². The van der Waals surface area contributed by atoms with Crippen molar-refractivity contribution in [2.45, 2.75) is 45.7 Å². The first kappa shape index (κ1) is 15.8. The Morgan fingerprint density at radius 2 is 2.19 bits per heavy atom. The van der Waals surface area contributed by atoms with E-state index >= 15 is 0 Å². The minimum absolute atomic E-state index is 0.0253. The molecule has 1 aromatic heterocycles. The number of carboxylic acid groups (broad SMARTS) is 1. The predicted molar refractivity (Wildman–Crippen MR) is 80.6 cm³/mol. The Balaban J connectivity index is 1.99. The smallest absolute Gasteiger partial charge is 0.355 e. The first-order valence-corrected chi connectivity index (χ1v) is 8.04. The first-order chi connectivity index (χ1) is 9.90. The maximum absolute atomic E-state index is 12.4. The molecule has 0 radical (unpaired) electrons. The summed E-state index contributed by atoms with van der Waals surface area (Å²) in [4.78, 5) is 29.1. The van der Waals surface area contributed by atoms with Gasteiger partial charge in [-0.15, -0.1) is 11.3 Å². The lowest BCUT2D eigenvalue weighted by atomic mass is 10.0. The summed E-state index contributed by atoms with van der Waals surface area (Å²) in [5.74, 6) is -0.609. The van der Waals surface area contributed by atoms with Crippen molar-refractivity contribution in [3.63, 3.8) is 0 Å². The van der Waals surface area contributed by atoms with Crippen LogP contribution < -0.4 is 5.32 Å². The third-order valence-electron chi connectivity index (χ3n) is 3.78. The van der Waals surface area contributed by atoms with Crippen molar-refractivity contribution in [3.8, 4) is 0 Å². The lowest BCUT2D eigenvalue weighted by molar-refractivity contribution is 0.0691. The molecular weight excluding hydrogens is 290 g/mol. The van der Waals surface area contributed by atoms with Crippen LogP contribution in [0.2, 0.25) is 0 Å². The Labute approximate surface area is 128 Å². The molecule has 1 fully saturated rings. The number of carbonyl (C=O) groups is 2. The zero-order valence-electron chi connectivity index (χ0n) is 12.5. The van der Waals surface area contributed by atoms with Gasteiger partial charge in [-0.2, -0.15) is 0 Å². The van der Waals surface area contributed by atoms with E-state index in [0.717, 1.165) is 19.4 Å². The summed E-state index contributed by atoms with van der Waals surface area (Å²) in [6, 6.07) is -0.0992. The van der Waals surface area contributed by atoms with Crippen LogP contribution >= 0.6 is 11.3 Å². The second-order valence-electron chi connectivity index (χ2n) is 5.69. The number of aromatic carboxylic acids is 1. The summed E-state index contributed by atoms with van der Waals surface area (Å²) < 4.78 is 0. The highest BCUT2D eigenvalue weighted by atomic mass is 32.1. The summed E-state index contributed by atoms with van der Waals surface area (Å²) >= 11 is 1.25. The lowest BCUT2D eigenvalue weighted by Crippen LogP contribution is -2.45. The van der Waals surface area contributed by atoms with Crippen LogP contribution in [-0.2, 0) is 0 Å². The molecule has 1 aliphatic heterocycles. The van der Waals surface area contributed by atoms with Gasteiger partial charge in [0, 0.05) is 18.0 Å². The van der Waals surface area contributed by atoms with Crippen molar-refractivity contribution in [3.05, 3.63) is 16.1 Å². The van der Waals surface area contributed by atoms with Gasteiger partial charge in [0.05, 0.1) is 6.04 Å². The molecule has 116 valence electrons. The molecule has 2 N–H and O–H groups in total. The van der Waals surface area contributed by atoms with E-state index in [1.54, 1.807) is 0 Å². The average Bonchev–Trinajstić information content (AvgIpc) is 3.07. The van der Waals surface area contributed by atoms with Crippen molar-refractivity contribution in [2.24, 2.45) is 5.92 Å². The summed E-state index contributed by atoms with van der Waals surface area (Å²) in [6.07, 6.45) is 2.07. The van der Waals surface area contributed by atoms with Crippen LogP contribution in [0.4, 0.5) is 4.79 Å². The van der Waals surface area contributed by atoms with Gasteiger partial charge in [0.25, 0.3) is 0 Å². The number of urea groups is 1. The molecule has 0 spiro atoms. The van der Waals surface area contributed by atoms with Crippen LogP contribution in [0.25, 0.3) is 0 Å². The quantitative estimate of drug-likeness (QED) is 0.895. The standard InChI is InChI=1S/C14H21N3O3S/c1-8(2)11-5-4-6-17(11)14(20)15-9(3)12-16-10(7-21-12)13(18)19/h7-9,11H,4-6H2,1-3H3,(H,15,20)(H,18,19). The minimum Gasteiger partial charge on any atom is -0.476 e. The number of carbonyl (C=O) groups excluding carboxylic acids is 1. The Morgan fingerprint density at radius 1 is 1.48 bits per heavy atom. The van der Waals surface area contributed by atoms with Crippen molar-refractivity contribution in [1.29, 1.82) is 0 Å². The number of nitrogens with zero attached hydrogens (tertiary/aromatic N) is 2. The van der Waals surface area contributed by atoms with E-state index in [-0.39, 0.29) is 23.8 Å². The lowest BCUT2D eigenvalue weighted by Gasteiger charge is -2.28. The molecule has 0 aliphatic carbocycles. The zero-order chi connectivity index (χ0) is 15.6. The molecule has 7 heteroatoms. The van der Waals surface area contributed by atoms with Gasteiger partial charge in [0.2, 0.25) is 0 Å². The molecular formula is C14H21N3O3S. The van der Waals surface area contributed by atoms with E-state index in [1.807, 2.05) is 11.8 Å². The van der Waals surface area contributed by atoms with Gasteiger partial charge in [-0.05, 0) is 25.7 Å². The maximum atomic E-state index is 12.4. The normalized spacial score (nSPS) is 19.8. The van der Waals surface area contributed by atoms with E-state index in [9.17, 15) is 9.59 Å². The van der Waals surface area contributed by atoms with Gasteiger partial charge >= 0.3 is 12.0 Å². The molecule has 2 unspecified atom stereocenters. The number of carboxylic acids is 1. The zero-order valence-corrected chi connectivity index (χ0v) is 13.3. The van der Waals surface area contributed by atoms with Crippen molar-refractivity contribution < 1.29 is 14.7 Å². The molecule has 2 atom stereocenters. The van der Waals surface area contributed by atoms with Crippen molar-refractivity contribution >= 4 is 23.3 Å². The van der Waals surface area contributed by atoms with Crippen LogP contribution in [0, 0.1) is 5.92 Å². The van der Waals surface area contributed by atoms with E-state index in [4.69, 9.17) is 5.11 Å². The van der Waals surface area contributed by atoms with Crippen LogP contribution in [0.1, 0.15) is 55.2 Å². The highest BCUT2D eigenvalue weighted by Gasteiger charge is 2.31. The fourth-order valence-electron chi connectivity index (χ4n) is 2.65. The topological polar surface area (TPSA) is 82.5 Å². The second kappa shape index (κ2) is 6.43. The number of hydrogen-bond acceptors (Lipinski definition) is 4. The summed E-state index contributed by atoms with van der Waals surface area (Å²) in [7, 11) is 0. The Bertz CT molecular complexity index is 529. The first-order valence-electron chi connectivity index (χ1n) is 7.16. The molecule has 1 saturated heterocycles. The third kappa shape index (κ3) is 3.53. The number of nitrogens with one attached hydrogen (secondary N) is 1. The fraction of sp³-hybridized carbons (Fsp3) is 0.643. The highest BCUT2D eigenvalue weighted by Crippen LogP contribution is 2.25. The number of aromatic nitrogens is 1. The molecule has 0 saturated carbocycles. The molecule has 2 rings (SSSR count). The molecule has 1 aromatic rings. The van der Waals surface area contributed by atoms with E-state index in [0.29, 0.717) is 10.9 Å². The molecule has 21 heavy (non-hydrogen) atoms. The van der Waals surface area contributed by atoms with Crippen LogP contribution in [0.3, 0.4) is 0 Å². The number of thiazole rings is 1. The SMILES string of the molecule is CC(NC(=O)N1CCCC1C(C)C)c1nc(C(=O)O)cs1. The van der Waals surface area contributed by atoms with Gasteiger partial charge < -0.3 is 15.3 Å². The number of rotatable bonds is 4. The maximum Gasteiger partial charge on any atom is 0.355 e. The Hall–Kier alpha value is -1.63. The third-order valence-corrected chi connectivity index (χ3v) is 4.81. The largest absolute Gasteiger partial charge is 0.476 e. The van der Waals surface area contributed by atoms with Gasteiger partial charge in [-0.1, -0.05) is 13.8 Å². The molecule has 1 aliphatic rings. The van der Waals surface area contributed by atoms with Gasteiger partial charge in [-0.3, -0.25) is 0 Å². The van der Waals surface area contributed by atoms with Crippen LogP contribution in [-0.4, -0.2) is 39.6 Å². The van der Waals surface area contributed by atoms with Gasteiger partial charge in [0.15, 0.2) is 5.69 Å². The Kier molecular flexibility index (Phi) is 4.82. The summed E-state index contributed by atoms with van der Waals surface area (Å²) in [5, 5.41) is 13.9. The molecule has 6 nitrogen and oxygen atoms in total. The number of likely N-dealkylation sites (tertiary alicyclic amines) is 1. The molecule has 2 heterocycles.